The maximum Gasteiger partial charge on any atom is 0.253 e. The Morgan fingerprint density at radius 1 is 1.17 bits per heavy atom. The summed E-state index contributed by atoms with van der Waals surface area (Å²) in [5.41, 5.74) is 5.26. The summed E-state index contributed by atoms with van der Waals surface area (Å²) in [6.07, 6.45) is 0. The molecule has 0 aliphatic carbocycles. The summed E-state index contributed by atoms with van der Waals surface area (Å²) in [7, 11) is 0. The number of H-pyrrole nitrogens is 1. The highest BCUT2D eigenvalue weighted by atomic mass is 35.5. The second kappa shape index (κ2) is 7.15. The summed E-state index contributed by atoms with van der Waals surface area (Å²) >= 11 is 11.6. The lowest BCUT2D eigenvalue weighted by molar-refractivity contribution is 0.883. The first kappa shape index (κ1) is 17.5. The second-order valence-corrected chi connectivity index (χ2v) is 6.50. The Kier molecular flexibility index (Phi) is 5.44. The van der Waals surface area contributed by atoms with E-state index in [0.29, 0.717) is 22.2 Å². The van der Waals surface area contributed by atoms with Gasteiger partial charge in [0.1, 0.15) is 0 Å². The fraction of sp³-hybridized carbons (Fsp3) is 0.294. The average molecular weight is 350 g/mol. The highest BCUT2D eigenvalue weighted by molar-refractivity contribution is 7.80. The van der Waals surface area contributed by atoms with Gasteiger partial charge in [0.2, 0.25) is 0 Å². The second-order valence-electron chi connectivity index (χ2n) is 5.69. The molecule has 2 aromatic rings. The molecule has 0 radical (unpaired) electrons. The van der Waals surface area contributed by atoms with Gasteiger partial charge in [-0.15, -0.1) is 0 Å². The van der Waals surface area contributed by atoms with Gasteiger partial charge in [0, 0.05) is 17.8 Å². The summed E-state index contributed by atoms with van der Waals surface area (Å²) in [6.45, 7) is 8.09. The van der Waals surface area contributed by atoms with Gasteiger partial charge in [0.25, 0.3) is 5.56 Å². The van der Waals surface area contributed by atoms with E-state index in [-0.39, 0.29) is 5.56 Å². The number of aromatic nitrogens is 1. The van der Waals surface area contributed by atoms with E-state index >= 15 is 0 Å². The van der Waals surface area contributed by atoms with Crippen LogP contribution in [0.5, 0.6) is 0 Å². The van der Waals surface area contributed by atoms with Crippen molar-refractivity contribution in [2.24, 2.45) is 0 Å². The lowest BCUT2D eigenvalue weighted by atomic mass is 10.1. The maximum absolute atomic E-state index is 12.0. The SMILES string of the molecule is Cc1cc(C)c(NC(=S)NCc2c(C)cc(C)[nH]c2=O)c(Cl)c1. The molecule has 1 heterocycles. The quantitative estimate of drug-likeness (QED) is 0.739. The van der Waals surface area contributed by atoms with Crippen LogP contribution in [0.2, 0.25) is 5.02 Å². The molecule has 0 fully saturated rings. The lowest BCUT2D eigenvalue weighted by Crippen LogP contribution is -2.31. The zero-order valence-electron chi connectivity index (χ0n) is 13.6. The van der Waals surface area contributed by atoms with Crippen molar-refractivity contribution < 1.29 is 0 Å². The number of aromatic amines is 1. The topological polar surface area (TPSA) is 56.9 Å². The fourth-order valence-corrected chi connectivity index (χ4v) is 3.04. The lowest BCUT2D eigenvalue weighted by Gasteiger charge is -2.15. The van der Waals surface area contributed by atoms with Gasteiger partial charge in [-0.05, 0) is 68.7 Å². The van der Waals surface area contributed by atoms with Crippen LogP contribution in [0.15, 0.2) is 23.0 Å². The van der Waals surface area contributed by atoms with Crippen molar-refractivity contribution in [3.8, 4) is 0 Å². The summed E-state index contributed by atoms with van der Waals surface area (Å²) in [4.78, 5) is 14.8. The van der Waals surface area contributed by atoms with E-state index in [1.165, 1.54) is 0 Å². The monoisotopic (exact) mass is 349 g/mol. The predicted molar refractivity (Wildman–Crippen MR) is 101 cm³/mol. The van der Waals surface area contributed by atoms with Crippen molar-refractivity contribution in [3.05, 3.63) is 61.5 Å². The number of nitrogens with one attached hydrogen (secondary N) is 3. The minimum absolute atomic E-state index is 0.0950. The van der Waals surface area contributed by atoms with Crippen LogP contribution in [0.4, 0.5) is 5.69 Å². The highest BCUT2D eigenvalue weighted by Crippen LogP contribution is 2.27. The van der Waals surface area contributed by atoms with E-state index in [1.807, 2.05) is 45.9 Å². The molecule has 0 spiro atoms. The third kappa shape index (κ3) is 4.33. The van der Waals surface area contributed by atoms with Gasteiger partial charge < -0.3 is 15.6 Å². The van der Waals surface area contributed by atoms with Gasteiger partial charge in [-0.1, -0.05) is 17.7 Å². The Morgan fingerprint density at radius 2 is 1.87 bits per heavy atom. The van der Waals surface area contributed by atoms with Crippen molar-refractivity contribution >= 4 is 34.6 Å². The van der Waals surface area contributed by atoms with E-state index in [0.717, 1.165) is 28.1 Å². The minimum atomic E-state index is -0.0950. The molecule has 2 rings (SSSR count). The molecule has 0 atom stereocenters. The van der Waals surface area contributed by atoms with Gasteiger partial charge in [0.15, 0.2) is 5.11 Å². The summed E-state index contributed by atoms with van der Waals surface area (Å²) in [5, 5.41) is 7.21. The number of thiocarbonyl (C=S) groups is 1. The zero-order valence-corrected chi connectivity index (χ0v) is 15.2. The predicted octanol–water partition coefficient (Wildman–Crippen LogP) is 3.75. The van der Waals surface area contributed by atoms with Crippen molar-refractivity contribution in [2.45, 2.75) is 34.2 Å². The van der Waals surface area contributed by atoms with Crippen LogP contribution in [0, 0.1) is 27.7 Å². The molecule has 0 aliphatic heterocycles. The standard InChI is InChI=1S/C17H20ClN3OS/c1-9-5-11(3)15(14(18)6-9)21-17(23)19-8-13-10(2)7-12(4)20-16(13)22/h5-7H,8H2,1-4H3,(H,20,22)(H2,19,21,23). The van der Waals surface area contributed by atoms with E-state index in [1.54, 1.807) is 0 Å². The van der Waals surface area contributed by atoms with Gasteiger partial charge in [-0.3, -0.25) is 4.79 Å². The van der Waals surface area contributed by atoms with Gasteiger partial charge in [-0.25, -0.2) is 0 Å². The number of rotatable bonds is 3. The number of hydrogen-bond acceptors (Lipinski definition) is 2. The smallest absolute Gasteiger partial charge is 0.253 e. The molecule has 3 N–H and O–H groups in total. The molecule has 4 nitrogen and oxygen atoms in total. The molecule has 0 aliphatic rings. The number of benzene rings is 1. The van der Waals surface area contributed by atoms with Gasteiger partial charge in [0.05, 0.1) is 10.7 Å². The van der Waals surface area contributed by atoms with Crippen molar-refractivity contribution in [1.29, 1.82) is 0 Å². The molecular formula is C17H20ClN3OS. The Labute approximate surface area is 146 Å². The zero-order chi connectivity index (χ0) is 17.1. The van der Waals surface area contributed by atoms with Crippen LogP contribution in [0.25, 0.3) is 0 Å². The first-order chi connectivity index (χ1) is 10.8. The van der Waals surface area contributed by atoms with Crippen LogP contribution in [0.1, 0.15) is 27.9 Å². The van der Waals surface area contributed by atoms with Crippen LogP contribution in [-0.2, 0) is 6.54 Å². The van der Waals surface area contributed by atoms with Crippen LogP contribution in [-0.4, -0.2) is 10.1 Å². The molecule has 1 aromatic heterocycles. The number of halogens is 1. The summed E-state index contributed by atoms with van der Waals surface area (Å²) in [5.74, 6) is 0. The molecular weight excluding hydrogens is 330 g/mol. The van der Waals surface area contributed by atoms with Crippen LogP contribution in [0.3, 0.4) is 0 Å². The maximum atomic E-state index is 12.0. The highest BCUT2D eigenvalue weighted by Gasteiger charge is 2.09. The molecule has 0 saturated carbocycles. The van der Waals surface area contributed by atoms with E-state index in [9.17, 15) is 4.79 Å². The normalized spacial score (nSPS) is 10.5. The van der Waals surface area contributed by atoms with Gasteiger partial charge >= 0.3 is 0 Å². The molecule has 6 heteroatoms. The number of hydrogen-bond donors (Lipinski definition) is 3. The fourth-order valence-electron chi connectivity index (χ4n) is 2.50. The first-order valence-electron chi connectivity index (χ1n) is 7.29. The van der Waals surface area contributed by atoms with Crippen molar-refractivity contribution in [3.63, 3.8) is 0 Å². The Morgan fingerprint density at radius 3 is 2.48 bits per heavy atom. The van der Waals surface area contributed by atoms with Crippen LogP contribution >= 0.6 is 23.8 Å². The minimum Gasteiger partial charge on any atom is -0.358 e. The number of anilines is 1. The van der Waals surface area contributed by atoms with E-state index in [2.05, 4.69) is 15.6 Å². The summed E-state index contributed by atoms with van der Waals surface area (Å²) < 4.78 is 0. The van der Waals surface area contributed by atoms with Crippen molar-refractivity contribution in [2.75, 3.05) is 5.32 Å². The summed E-state index contributed by atoms with van der Waals surface area (Å²) in [6, 6.07) is 5.86. The van der Waals surface area contributed by atoms with Crippen molar-refractivity contribution in [1.82, 2.24) is 10.3 Å². The third-order valence-electron chi connectivity index (χ3n) is 3.59. The molecule has 0 amide bonds. The van der Waals surface area contributed by atoms with Gasteiger partial charge in [-0.2, -0.15) is 0 Å². The molecule has 122 valence electrons. The third-order valence-corrected chi connectivity index (χ3v) is 4.13. The first-order valence-corrected chi connectivity index (χ1v) is 8.07. The molecule has 1 aromatic carbocycles. The number of aryl methyl sites for hydroxylation is 4. The molecule has 0 unspecified atom stereocenters. The molecule has 0 saturated heterocycles. The Hall–Kier alpha value is -1.85. The van der Waals surface area contributed by atoms with E-state index in [4.69, 9.17) is 23.8 Å². The average Bonchev–Trinajstić information content (AvgIpc) is 2.41. The number of pyridine rings is 1. The molecule has 0 bridgehead atoms. The molecule has 23 heavy (non-hydrogen) atoms. The van der Waals surface area contributed by atoms with E-state index < -0.39 is 0 Å². The largest absolute Gasteiger partial charge is 0.358 e. The Balaban J connectivity index is 2.09. The Bertz CT molecular complexity index is 791. The van der Waals surface area contributed by atoms with Crippen LogP contribution < -0.4 is 16.2 Å².